The van der Waals surface area contributed by atoms with Crippen molar-refractivity contribution in [2.24, 2.45) is 10.1 Å². The Morgan fingerprint density at radius 2 is 2.04 bits per heavy atom. The van der Waals surface area contributed by atoms with Crippen LogP contribution in [-0.4, -0.2) is 93.3 Å². The number of carbonyl (C=O) groups is 2. The number of hydrogen-bond acceptors (Lipinski definition) is 6. The van der Waals surface area contributed by atoms with Crippen LogP contribution in [0.3, 0.4) is 0 Å². The molecule has 1 N–H and O–H groups in total. The van der Waals surface area contributed by atoms with Gasteiger partial charge in [-0.3, -0.25) is 14.6 Å². The highest BCUT2D eigenvalue weighted by atomic mass is 16.3. The average Bonchev–Trinajstić information content (AvgIpc) is 2.97. The number of unbranched alkanes of at least 4 members (excludes halogenated alkanes) is 1. The van der Waals surface area contributed by atoms with Crippen LogP contribution in [0.1, 0.15) is 33.1 Å². The number of hydrazone groups is 1. The zero-order valence-electron chi connectivity index (χ0n) is 15.0. The van der Waals surface area contributed by atoms with Crippen LogP contribution in [0, 0.1) is 0 Å². The summed E-state index contributed by atoms with van der Waals surface area (Å²) in [5, 5.41) is 15.3. The SMILES string of the molecule is CCCCN1C(=O)C2C(=NC3=[N+]2CC(C)=NN3CCCO)N(C)C1=O. The molecule has 1 saturated heterocycles. The van der Waals surface area contributed by atoms with Gasteiger partial charge >= 0.3 is 12.0 Å². The fourth-order valence-electron chi connectivity index (χ4n) is 3.30. The third-order valence-corrected chi connectivity index (χ3v) is 4.57. The Labute approximate surface area is 146 Å². The number of aliphatic hydroxyl groups excluding tert-OH is 1. The molecule has 0 aliphatic carbocycles. The van der Waals surface area contributed by atoms with E-state index in [1.807, 2.05) is 18.4 Å². The Balaban J connectivity index is 1.94. The molecule has 25 heavy (non-hydrogen) atoms. The molecule has 0 saturated carbocycles. The molecule has 0 radical (unpaired) electrons. The minimum Gasteiger partial charge on any atom is -0.396 e. The number of amides is 3. The first-order chi connectivity index (χ1) is 12.0. The molecule has 3 heterocycles. The Morgan fingerprint density at radius 1 is 1.28 bits per heavy atom. The molecule has 1 atom stereocenters. The van der Waals surface area contributed by atoms with Crippen LogP contribution < -0.4 is 0 Å². The number of aliphatic imine (C=N–C) groups is 1. The number of fused-ring (bicyclic) bond motifs is 2. The molecule has 3 aliphatic heterocycles. The molecule has 0 aromatic rings. The van der Waals surface area contributed by atoms with Gasteiger partial charge in [-0.15, -0.1) is 10.1 Å². The summed E-state index contributed by atoms with van der Waals surface area (Å²) in [5.74, 6) is 0.808. The molecule has 3 aliphatic rings. The number of nitrogens with zero attached hydrogens (tertiary/aromatic N) is 6. The van der Waals surface area contributed by atoms with Gasteiger partial charge in [-0.1, -0.05) is 18.3 Å². The Hall–Kier alpha value is -2.29. The highest BCUT2D eigenvalue weighted by molar-refractivity contribution is 6.23. The lowest BCUT2D eigenvalue weighted by molar-refractivity contribution is -0.527. The van der Waals surface area contributed by atoms with E-state index < -0.39 is 6.04 Å². The fourth-order valence-corrected chi connectivity index (χ4v) is 3.30. The minimum absolute atomic E-state index is 0.0560. The van der Waals surface area contributed by atoms with E-state index in [9.17, 15) is 9.59 Å². The Bertz CT molecular complexity index is 683. The van der Waals surface area contributed by atoms with E-state index in [2.05, 4.69) is 10.1 Å². The second kappa shape index (κ2) is 6.91. The quantitative estimate of drug-likeness (QED) is 0.678. The molecule has 0 spiro atoms. The monoisotopic (exact) mass is 349 g/mol. The van der Waals surface area contributed by atoms with Crippen molar-refractivity contribution < 1.29 is 19.3 Å². The summed E-state index contributed by atoms with van der Waals surface area (Å²) in [7, 11) is 1.66. The zero-order chi connectivity index (χ0) is 18.1. The minimum atomic E-state index is -0.586. The lowest BCUT2D eigenvalue weighted by Gasteiger charge is -2.34. The first-order valence-electron chi connectivity index (χ1n) is 8.73. The van der Waals surface area contributed by atoms with E-state index >= 15 is 0 Å². The van der Waals surface area contributed by atoms with Gasteiger partial charge in [-0.2, -0.15) is 0 Å². The van der Waals surface area contributed by atoms with Gasteiger partial charge < -0.3 is 5.11 Å². The lowest BCUT2D eigenvalue weighted by atomic mass is 10.1. The van der Waals surface area contributed by atoms with Gasteiger partial charge in [0.2, 0.25) is 11.9 Å². The van der Waals surface area contributed by atoms with Crippen molar-refractivity contribution in [1.29, 1.82) is 0 Å². The van der Waals surface area contributed by atoms with Crippen LogP contribution in [0.2, 0.25) is 0 Å². The summed E-state index contributed by atoms with van der Waals surface area (Å²) in [4.78, 5) is 32.9. The zero-order valence-corrected chi connectivity index (χ0v) is 15.0. The summed E-state index contributed by atoms with van der Waals surface area (Å²) in [6.45, 7) is 5.41. The average molecular weight is 349 g/mol. The lowest BCUT2D eigenvalue weighted by Crippen LogP contribution is -2.63. The number of urea groups is 1. The summed E-state index contributed by atoms with van der Waals surface area (Å²) in [5.41, 5.74) is 0.866. The van der Waals surface area contributed by atoms with Crippen molar-refractivity contribution in [1.82, 2.24) is 14.8 Å². The molecular formula is C16H25N6O3+. The first kappa shape index (κ1) is 17.5. The van der Waals surface area contributed by atoms with Gasteiger partial charge in [0.25, 0.3) is 5.91 Å². The molecule has 0 bridgehead atoms. The summed E-state index contributed by atoms with van der Waals surface area (Å²) in [6.07, 6.45) is 2.24. The number of guanidine groups is 1. The number of amidine groups is 1. The molecule has 136 valence electrons. The molecule has 0 aromatic carbocycles. The molecular weight excluding hydrogens is 324 g/mol. The number of rotatable bonds is 6. The fraction of sp³-hybridized carbons (Fsp3) is 0.688. The summed E-state index contributed by atoms with van der Waals surface area (Å²) < 4.78 is 1.90. The molecule has 1 fully saturated rings. The van der Waals surface area contributed by atoms with Gasteiger partial charge in [-0.05, 0) is 13.3 Å². The third-order valence-electron chi connectivity index (χ3n) is 4.57. The second-order valence-corrected chi connectivity index (χ2v) is 6.52. The van der Waals surface area contributed by atoms with Crippen LogP contribution in [0.4, 0.5) is 4.79 Å². The summed E-state index contributed by atoms with van der Waals surface area (Å²) >= 11 is 0. The van der Waals surface area contributed by atoms with Gasteiger partial charge in [-0.25, -0.2) is 9.37 Å². The molecule has 3 amide bonds. The smallest absolute Gasteiger partial charge is 0.396 e. The van der Waals surface area contributed by atoms with E-state index in [1.54, 1.807) is 12.1 Å². The van der Waals surface area contributed by atoms with E-state index in [0.29, 0.717) is 37.9 Å². The van der Waals surface area contributed by atoms with Crippen LogP contribution in [0.15, 0.2) is 10.1 Å². The Kier molecular flexibility index (Phi) is 4.85. The largest absolute Gasteiger partial charge is 0.416 e. The van der Waals surface area contributed by atoms with Crippen molar-refractivity contribution in [2.45, 2.75) is 39.2 Å². The van der Waals surface area contributed by atoms with E-state index in [0.717, 1.165) is 18.6 Å². The predicted octanol–water partition coefficient (Wildman–Crippen LogP) is -0.0964. The third kappa shape index (κ3) is 2.92. The van der Waals surface area contributed by atoms with E-state index in [-0.39, 0.29) is 18.5 Å². The van der Waals surface area contributed by atoms with Gasteiger partial charge in [0.15, 0.2) is 0 Å². The van der Waals surface area contributed by atoms with Gasteiger partial charge in [0.05, 0.1) is 12.3 Å². The molecule has 0 aromatic heterocycles. The molecule has 1 unspecified atom stereocenters. The van der Waals surface area contributed by atoms with Crippen molar-refractivity contribution in [3.8, 4) is 0 Å². The topological polar surface area (TPSA) is 91.8 Å². The van der Waals surface area contributed by atoms with Crippen LogP contribution in [-0.2, 0) is 4.79 Å². The van der Waals surface area contributed by atoms with Crippen molar-refractivity contribution in [3.05, 3.63) is 0 Å². The molecule has 9 heteroatoms. The second-order valence-electron chi connectivity index (χ2n) is 6.52. The van der Waals surface area contributed by atoms with Crippen LogP contribution in [0.5, 0.6) is 0 Å². The maximum Gasteiger partial charge on any atom is 0.416 e. The van der Waals surface area contributed by atoms with Gasteiger partial charge in [0.1, 0.15) is 6.54 Å². The first-order valence-corrected chi connectivity index (χ1v) is 8.73. The van der Waals surface area contributed by atoms with Crippen molar-refractivity contribution in [2.75, 3.05) is 33.3 Å². The standard InChI is InChI=1S/C16H25N6O3/c1-4-5-7-20-14(24)12-13(19(3)16(20)25)17-15-21(12)10-11(2)18-22(15)8-6-9-23/h12,23H,4-10H2,1-3H3/q+1. The molecule has 9 nitrogen and oxygen atoms in total. The number of hydrogen-bond donors (Lipinski definition) is 1. The normalized spacial score (nSPS) is 23.0. The maximum absolute atomic E-state index is 13.0. The number of carbonyl (C=O) groups excluding carboxylic acids is 2. The van der Waals surface area contributed by atoms with Gasteiger partial charge in [0, 0.05) is 26.6 Å². The summed E-state index contributed by atoms with van der Waals surface area (Å²) in [6, 6.07) is -0.912. The predicted molar refractivity (Wildman–Crippen MR) is 92.7 cm³/mol. The number of likely N-dealkylation sites (N-methyl/N-ethyl adjacent to an activating group) is 1. The Morgan fingerprint density at radius 3 is 2.72 bits per heavy atom. The highest BCUT2D eigenvalue weighted by Gasteiger charge is 2.54. The maximum atomic E-state index is 13.0. The van der Waals surface area contributed by atoms with Crippen LogP contribution >= 0.6 is 0 Å². The van der Waals surface area contributed by atoms with Crippen molar-refractivity contribution in [3.63, 3.8) is 0 Å². The number of aliphatic hydroxyl groups is 1. The molecule has 3 rings (SSSR count). The highest BCUT2D eigenvalue weighted by Crippen LogP contribution is 2.23. The van der Waals surface area contributed by atoms with Crippen molar-refractivity contribution >= 4 is 29.4 Å². The number of imide groups is 1. The van der Waals surface area contributed by atoms with Crippen LogP contribution in [0.25, 0.3) is 0 Å². The van der Waals surface area contributed by atoms with E-state index in [1.165, 1.54) is 9.80 Å². The van der Waals surface area contributed by atoms with E-state index in [4.69, 9.17) is 5.11 Å².